The minimum Gasteiger partial charge on any atom is -0.493 e. The normalized spacial score (nSPS) is 14.3. The molecule has 36 heavy (non-hydrogen) atoms. The number of amides is 1. The van der Waals surface area contributed by atoms with Crippen LogP contribution in [0.15, 0.2) is 71.6 Å². The van der Waals surface area contributed by atoms with E-state index in [0.717, 1.165) is 5.56 Å². The topological polar surface area (TPSA) is 57.2 Å². The van der Waals surface area contributed by atoms with Gasteiger partial charge < -0.3 is 18.9 Å². The molecule has 0 bridgehead atoms. The summed E-state index contributed by atoms with van der Waals surface area (Å²) in [5.74, 6) is 1.98. The molecule has 0 spiro atoms. The van der Waals surface area contributed by atoms with Gasteiger partial charge in [-0.05, 0) is 41.5 Å². The van der Waals surface area contributed by atoms with Crippen LogP contribution in [-0.2, 0) is 11.3 Å². The highest BCUT2D eigenvalue weighted by Crippen LogP contribution is 2.39. The maximum Gasteiger partial charge on any atom is 0.266 e. The molecule has 0 radical (unpaired) electrons. The summed E-state index contributed by atoms with van der Waals surface area (Å²) in [5, 5.41) is 0.359. The molecule has 0 N–H and O–H groups in total. The first kappa shape index (κ1) is 25.9. The minimum absolute atomic E-state index is 0.141. The van der Waals surface area contributed by atoms with Crippen molar-refractivity contribution in [3.63, 3.8) is 0 Å². The van der Waals surface area contributed by atoms with Crippen molar-refractivity contribution in [2.45, 2.75) is 6.54 Å². The molecular weight excluding hydrogens is 518 g/mol. The van der Waals surface area contributed by atoms with Gasteiger partial charge >= 0.3 is 0 Å². The van der Waals surface area contributed by atoms with Gasteiger partial charge in [-0.2, -0.15) is 0 Å². The number of nitrogens with zero attached hydrogens (tertiary/aromatic N) is 1. The molecular formula is C27H24ClNO5S2. The van der Waals surface area contributed by atoms with Crippen LogP contribution < -0.4 is 18.9 Å². The maximum absolute atomic E-state index is 13.0. The van der Waals surface area contributed by atoms with Crippen molar-refractivity contribution >= 4 is 51.9 Å². The van der Waals surface area contributed by atoms with E-state index in [1.54, 1.807) is 30.2 Å². The molecule has 1 aliphatic rings. The Morgan fingerprint density at radius 3 is 2.31 bits per heavy atom. The smallest absolute Gasteiger partial charge is 0.266 e. The maximum atomic E-state index is 13.0. The van der Waals surface area contributed by atoms with Crippen molar-refractivity contribution in [3.05, 3.63) is 87.8 Å². The molecule has 6 nitrogen and oxygen atoms in total. The molecule has 1 saturated heterocycles. The first-order valence-electron chi connectivity index (χ1n) is 11.1. The van der Waals surface area contributed by atoms with E-state index in [1.165, 1.54) is 18.9 Å². The zero-order valence-electron chi connectivity index (χ0n) is 19.7. The number of para-hydroxylation sites is 2. The van der Waals surface area contributed by atoms with Crippen molar-refractivity contribution in [3.8, 4) is 23.0 Å². The predicted molar refractivity (Wildman–Crippen MR) is 147 cm³/mol. The van der Waals surface area contributed by atoms with E-state index in [2.05, 4.69) is 0 Å². The Balaban J connectivity index is 1.43. The summed E-state index contributed by atoms with van der Waals surface area (Å²) in [7, 11) is 3.12. The number of thiocarbonyl (C=S) groups is 1. The first-order valence-corrected chi connectivity index (χ1v) is 12.7. The van der Waals surface area contributed by atoms with E-state index in [9.17, 15) is 4.79 Å². The van der Waals surface area contributed by atoms with E-state index < -0.39 is 0 Å². The van der Waals surface area contributed by atoms with Gasteiger partial charge in [-0.25, -0.2) is 0 Å². The Hall–Kier alpha value is -3.20. The molecule has 0 atom stereocenters. The van der Waals surface area contributed by atoms with Gasteiger partial charge in [-0.15, -0.1) is 0 Å². The molecule has 0 saturated carbocycles. The number of thioether (sulfide) groups is 1. The molecule has 0 aliphatic carbocycles. The Kier molecular flexibility index (Phi) is 8.74. The fourth-order valence-corrected chi connectivity index (χ4v) is 5.08. The average molecular weight is 542 g/mol. The zero-order chi connectivity index (χ0) is 25.5. The fraction of sp³-hybridized carbons (Fsp3) is 0.185. The second-order valence-corrected chi connectivity index (χ2v) is 9.72. The Bertz CT molecular complexity index is 1280. The number of hydrogen-bond acceptors (Lipinski definition) is 7. The SMILES string of the molecule is COc1ccccc1OCCOc1c(Cl)cc(C=C2SC(=S)N(Cc3ccccc3)C2=O)cc1OC. The monoisotopic (exact) mass is 541 g/mol. The van der Waals surface area contributed by atoms with Crippen LogP contribution in [0.25, 0.3) is 6.08 Å². The summed E-state index contributed by atoms with van der Waals surface area (Å²) >= 11 is 13.2. The van der Waals surface area contributed by atoms with E-state index in [1.807, 2.05) is 54.6 Å². The van der Waals surface area contributed by atoms with Crippen LogP contribution >= 0.6 is 35.6 Å². The van der Waals surface area contributed by atoms with Gasteiger partial charge in [-0.1, -0.05) is 78.0 Å². The molecule has 1 aliphatic heterocycles. The van der Waals surface area contributed by atoms with Crippen LogP contribution in [-0.4, -0.2) is 42.6 Å². The van der Waals surface area contributed by atoms with Crippen molar-refractivity contribution in [1.82, 2.24) is 4.90 Å². The fourth-order valence-electron chi connectivity index (χ4n) is 3.55. The van der Waals surface area contributed by atoms with Gasteiger partial charge in [0, 0.05) is 0 Å². The molecule has 3 aromatic carbocycles. The van der Waals surface area contributed by atoms with E-state index in [0.29, 0.717) is 49.4 Å². The third-order valence-electron chi connectivity index (χ3n) is 5.26. The predicted octanol–water partition coefficient (Wildman–Crippen LogP) is 6.22. The van der Waals surface area contributed by atoms with Crippen LogP contribution in [0.3, 0.4) is 0 Å². The first-order chi connectivity index (χ1) is 17.5. The Morgan fingerprint density at radius 2 is 1.58 bits per heavy atom. The quantitative estimate of drug-likeness (QED) is 0.172. The van der Waals surface area contributed by atoms with Crippen LogP contribution in [0.4, 0.5) is 0 Å². The lowest BCUT2D eigenvalue weighted by atomic mass is 10.1. The van der Waals surface area contributed by atoms with Gasteiger partial charge in [0.05, 0.1) is 30.7 Å². The van der Waals surface area contributed by atoms with Crippen LogP contribution in [0, 0.1) is 0 Å². The van der Waals surface area contributed by atoms with Gasteiger partial charge in [0.15, 0.2) is 23.0 Å². The van der Waals surface area contributed by atoms with Crippen LogP contribution in [0.1, 0.15) is 11.1 Å². The second-order valence-electron chi connectivity index (χ2n) is 7.64. The van der Waals surface area contributed by atoms with Gasteiger partial charge in [0.2, 0.25) is 0 Å². The van der Waals surface area contributed by atoms with E-state index in [-0.39, 0.29) is 19.1 Å². The number of benzene rings is 3. The summed E-state index contributed by atoms with van der Waals surface area (Å²) in [6, 6.07) is 20.6. The minimum atomic E-state index is -0.141. The van der Waals surface area contributed by atoms with Crippen LogP contribution in [0.5, 0.6) is 23.0 Å². The lowest BCUT2D eigenvalue weighted by Crippen LogP contribution is -2.27. The molecule has 0 unspecified atom stereocenters. The number of halogens is 1. The highest BCUT2D eigenvalue weighted by Gasteiger charge is 2.32. The number of hydrogen-bond donors (Lipinski definition) is 0. The average Bonchev–Trinajstić information content (AvgIpc) is 3.15. The third-order valence-corrected chi connectivity index (χ3v) is 6.92. The largest absolute Gasteiger partial charge is 0.493 e. The second kappa shape index (κ2) is 12.2. The molecule has 1 amide bonds. The summed E-state index contributed by atoms with van der Waals surface area (Å²) in [6.07, 6.45) is 1.76. The number of carbonyl (C=O) groups excluding carboxylic acids is 1. The lowest BCUT2D eigenvalue weighted by Gasteiger charge is -2.15. The molecule has 4 rings (SSSR count). The third kappa shape index (κ3) is 6.13. The van der Waals surface area contributed by atoms with E-state index in [4.69, 9.17) is 42.8 Å². The van der Waals surface area contributed by atoms with Crippen molar-refractivity contribution in [2.24, 2.45) is 0 Å². The molecule has 0 aromatic heterocycles. The number of ether oxygens (including phenoxy) is 4. The molecule has 3 aromatic rings. The number of methoxy groups -OCH3 is 2. The molecule has 1 heterocycles. The summed E-state index contributed by atoms with van der Waals surface area (Å²) in [5.41, 5.74) is 1.71. The van der Waals surface area contributed by atoms with Crippen LogP contribution in [0.2, 0.25) is 5.02 Å². The highest BCUT2D eigenvalue weighted by molar-refractivity contribution is 8.26. The van der Waals surface area contributed by atoms with Crippen molar-refractivity contribution < 1.29 is 23.7 Å². The van der Waals surface area contributed by atoms with E-state index >= 15 is 0 Å². The van der Waals surface area contributed by atoms with Gasteiger partial charge in [0.25, 0.3) is 5.91 Å². The molecule has 1 fully saturated rings. The zero-order valence-corrected chi connectivity index (χ0v) is 22.1. The summed E-state index contributed by atoms with van der Waals surface area (Å²) < 4.78 is 22.9. The lowest BCUT2D eigenvalue weighted by molar-refractivity contribution is -0.122. The van der Waals surface area contributed by atoms with Gasteiger partial charge in [0.1, 0.15) is 17.5 Å². The Morgan fingerprint density at radius 1 is 0.917 bits per heavy atom. The summed E-state index contributed by atoms with van der Waals surface area (Å²) in [6.45, 7) is 0.952. The van der Waals surface area contributed by atoms with Crippen molar-refractivity contribution in [2.75, 3.05) is 27.4 Å². The number of rotatable bonds is 10. The number of carbonyl (C=O) groups is 1. The van der Waals surface area contributed by atoms with Crippen molar-refractivity contribution in [1.29, 1.82) is 0 Å². The highest BCUT2D eigenvalue weighted by atomic mass is 35.5. The molecule has 186 valence electrons. The molecule has 9 heteroatoms. The summed E-state index contributed by atoms with van der Waals surface area (Å²) in [4.78, 5) is 15.1. The van der Waals surface area contributed by atoms with Gasteiger partial charge in [-0.3, -0.25) is 9.69 Å². The standard InChI is InChI=1S/C27H24ClNO5S2/c1-31-21-10-6-7-11-22(21)33-12-13-34-25-20(28)14-19(15-23(25)32-2)16-24-26(30)29(27(35)36-24)17-18-8-4-3-5-9-18/h3-11,14-16H,12-13,17H2,1-2H3. The Labute approximate surface area is 224 Å².